The summed E-state index contributed by atoms with van der Waals surface area (Å²) in [4.78, 5) is 23.3. The Bertz CT molecular complexity index is 1010. The Morgan fingerprint density at radius 1 is 1.19 bits per heavy atom. The van der Waals surface area contributed by atoms with Crippen molar-refractivity contribution in [1.82, 2.24) is 15.3 Å². The Balaban J connectivity index is 1.24. The highest BCUT2D eigenvalue weighted by Crippen LogP contribution is 2.55. The zero-order valence-electron chi connectivity index (χ0n) is 17.8. The van der Waals surface area contributed by atoms with Gasteiger partial charge in [0.1, 0.15) is 6.07 Å². The number of nitrogens with one attached hydrogen (secondary N) is 1. The Hall–Kier alpha value is -3.14. The predicted octanol–water partition coefficient (Wildman–Crippen LogP) is 3.27. The summed E-state index contributed by atoms with van der Waals surface area (Å²) in [7, 11) is 1.94. The Kier molecular flexibility index (Phi) is 4.81. The Morgan fingerprint density at radius 2 is 1.81 bits per heavy atom. The van der Waals surface area contributed by atoms with Crippen LogP contribution in [0.25, 0.3) is 0 Å². The summed E-state index contributed by atoms with van der Waals surface area (Å²) in [6.07, 6.45) is 9.13. The van der Waals surface area contributed by atoms with Crippen LogP contribution in [0, 0.1) is 29.1 Å². The van der Waals surface area contributed by atoms with Crippen LogP contribution in [0.3, 0.4) is 0 Å². The normalized spacial score (nSPS) is 28.2. The molecule has 4 aliphatic carbocycles. The van der Waals surface area contributed by atoms with Crippen LogP contribution >= 0.6 is 0 Å². The molecule has 4 aliphatic rings. The summed E-state index contributed by atoms with van der Waals surface area (Å²) in [5, 5.41) is 12.5. The fourth-order valence-corrected chi connectivity index (χ4v) is 6.37. The molecule has 3 N–H and O–H groups in total. The van der Waals surface area contributed by atoms with Crippen LogP contribution in [0.2, 0.25) is 0 Å². The molecule has 2 aromatic rings. The van der Waals surface area contributed by atoms with Crippen LogP contribution < -0.4 is 16.0 Å². The molecule has 4 bridgehead atoms. The van der Waals surface area contributed by atoms with Crippen molar-refractivity contribution in [2.75, 3.05) is 17.7 Å². The third kappa shape index (κ3) is 3.83. The summed E-state index contributed by atoms with van der Waals surface area (Å²) in [6.45, 7) is 0.487. The van der Waals surface area contributed by atoms with Crippen LogP contribution in [0.5, 0.6) is 0 Å². The van der Waals surface area contributed by atoms with Gasteiger partial charge < -0.3 is 16.0 Å². The van der Waals surface area contributed by atoms with E-state index >= 15 is 0 Å². The number of benzene rings is 1. The number of aromatic nitrogens is 2. The number of rotatable bonds is 5. The standard InChI is InChI=1S/C24H28N6O/c1-30(14-19-13-27-22(26)21(12-25)28-19)20-4-2-18(3-5-20)23(31)29-24-9-15-6-16(10-24)8-17(7-15)11-24/h2-5,13,15-17H,6-11,14H2,1H3,(H2,26,27)(H,29,31). The number of nitrogens with zero attached hydrogens (tertiary/aromatic N) is 4. The zero-order chi connectivity index (χ0) is 21.6. The summed E-state index contributed by atoms with van der Waals surface area (Å²) < 4.78 is 0. The molecule has 0 unspecified atom stereocenters. The molecular formula is C24H28N6O. The lowest BCUT2D eigenvalue weighted by Crippen LogP contribution is -2.59. The van der Waals surface area contributed by atoms with Gasteiger partial charge in [-0.15, -0.1) is 0 Å². The molecule has 7 nitrogen and oxygen atoms in total. The van der Waals surface area contributed by atoms with E-state index in [0.29, 0.717) is 17.8 Å². The van der Waals surface area contributed by atoms with Gasteiger partial charge in [0.2, 0.25) is 0 Å². The van der Waals surface area contributed by atoms with Crippen molar-refractivity contribution in [3.05, 3.63) is 47.4 Å². The van der Waals surface area contributed by atoms with Crippen molar-refractivity contribution < 1.29 is 4.79 Å². The molecule has 1 aromatic carbocycles. The first-order chi connectivity index (χ1) is 14.9. The minimum Gasteiger partial charge on any atom is -0.381 e. The molecule has 6 rings (SSSR count). The van der Waals surface area contributed by atoms with Gasteiger partial charge in [0.15, 0.2) is 11.5 Å². The van der Waals surface area contributed by atoms with Crippen molar-refractivity contribution in [1.29, 1.82) is 5.26 Å². The molecule has 31 heavy (non-hydrogen) atoms. The third-order valence-corrected chi connectivity index (χ3v) is 7.34. The van der Waals surface area contributed by atoms with E-state index in [2.05, 4.69) is 15.3 Å². The van der Waals surface area contributed by atoms with E-state index in [1.165, 1.54) is 19.3 Å². The van der Waals surface area contributed by atoms with Gasteiger partial charge in [-0.25, -0.2) is 9.97 Å². The first kappa shape index (κ1) is 19.8. The van der Waals surface area contributed by atoms with Crippen molar-refractivity contribution in [3.63, 3.8) is 0 Å². The topological polar surface area (TPSA) is 108 Å². The van der Waals surface area contributed by atoms with E-state index in [-0.39, 0.29) is 23.0 Å². The number of carbonyl (C=O) groups excluding carboxylic acids is 1. The van der Waals surface area contributed by atoms with Crippen LogP contribution in [-0.2, 0) is 6.54 Å². The van der Waals surface area contributed by atoms with Crippen LogP contribution in [0.1, 0.15) is 60.3 Å². The van der Waals surface area contributed by atoms with Crippen molar-refractivity contribution in [3.8, 4) is 6.07 Å². The molecule has 0 aliphatic heterocycles. The van der Waals surface area contributed by atoms with E-state index in [1.807, 2.05) is 42.3 Å². The quantitative estimate of drug-likeness (QED) is 0.774. The summed E-state index contributed by atoms with van der Waals surface area (Å²) >= 11 is 0. The fourth-order valence-electron chi connectivity index (χ4n) is 6.37. The van der Waals surface area contributed by atoms with Gasteiger partial charge in [-0.1, -0.05) is 0 Å². The van der Waals surface area contributed by atoms with Crippen molar-refractivity contribution in [2.45, 2.75) is 50.6 Å². The van der Waals surface area contributed by atoms with Crippen LogP contribution in [0.4, 0.5) is 11.5 Å². The van der Waals surface area contributed by atoms with Gasteiger partial charge in [0, 0.05) is 23.8 Å². The SMILES string of the molecule is CN(Cc1cnc(N)c(C#N)n1)c1ccc(C(=O)NC23CC4CC(CC(C4)C2)C3)cc1. The zero-order valence-corrected chi connectivity index (χ0v) is 17.8. The number of nitrogens with two attached hydrogens (primary N) is 1. The molecule has 0 spiro atoms. The maximum atomic E-state index is 13.0. The van der Waals surface area contributed by atoms with E-state index in [9.17, 15) is 4.79 Å². The first-order valence-electron chi connectivity index (χ1n) is 11.1. The average Bonchev–Trinajstić information content (AvgIpc) is 2.74. The first-order valence-corrected chi connectivity index (χ1v) is 11.1. The van der Waals surface area contributed by atoms with Gasteiger partial charge in [-0.05, 0) is 80.5 Å². The van der Waals surface area contributed by atoms with Crippen LogP contribution in [0.15, 0.2) is 30.5 Å². The molecule has 7 heteroatoms. The number of hydrogen-bond donors (Lipinski definition) is 2. The largest absolute Gasteiger partial charge is 0.381 e. The lowest BCUT2D eigenvalue weighted by atomic mass is 9.53. The van der Waals surface area contributed by atoms with E-state index in [0.717, 1.165) is 42.7 Å². The minimum atomic E-state index is 0.0214. The molecule has 160 valence electrons. The van der Waals surface area contributed by atoms with Gasteiger partial charge >= 0.3 is 0 Å². The van der Waals surface area contributed by atoms with Crippen molar-refractivity contribution in [2.24, 2.45) is 17.8 Å². The minimum absolute atomic E-state index is 0.0214. The summed E-state index contributed by atoms with van der Waals surface area (Å²) in [5.74, 6) is 2.60. The van der Waals surface area contributed by atoms with Crippen LogP contribution in [-0.4, -0.2) is 28.5 Å². The van der Waals surface area contributed by atoms with Gasteiger partial charge in [-0.3, -0.25) is 4.79 Å². The highest BCUT2D eigenvalue weighted by Gasteiger charge is 2.51. The van der Waals surface area contributed by atoms with E-state index in [1.54, 1.807) is 6.20 Å². The molecule has 4 saturated carbocycles. The molecule has 4 fully saturated rings. The number of carbonyl (C=O) groups is 1. The second-order valence-corrected chi connectivity index (χ2v) is 9.76. The fraction of sp³-hybridized carbons (Fsp3) is 0.500. The molecule has 0 radical (unpaired) electrons. The Labute approximate surface area is 182 Å². The summed E-state index contributed by atoms with van der Waals surface area (Å²) in [6, 6.07) is 9.63. The lowest BCUT2D eigenvalue weighted by Gasteiger charge is -2.56. The lowest BCUT2D eigenvalue weighted by molar-refractivity contribution is -0.0167. The third-order valence-electron chi connectivity index (χ3n) is 7.34. The molecule has 1 heterocycles. The highest BCUT2D eigenvalue weighted by atomic mass is 16.1. The smallest absolute Gasteiger partial charge is 0.251 e. The second-order valence-electron chi connectivity index (χ2n) is 9.76. The highest BCUT2D eigenvalue weighted by molar-refractivity contribution is 5.95. The monoisotopic (exact) mass is 416 g/mol. The molecule has 0 saturated heterocycles. The maximum absolute atomic E-state index is 13.0. The number of nitrogen functional groups attached to an aromatic ring is 1. The summed E-state index contributed by atoms with van der Waals surface area (Å²) in [5.41, 5.74) is 8.14. The maximum Gasteiger partial charge on any atom is 0.251 e. The molecular weight excluding hydrogens is 388 g/mol. The number of nitriles is 1. The van der Waals surface area contributed by atoms with Gasteiger partial charge in [-0.2, -0.15) is 5.26 Å². The Morgan fingerprint density at radius 3 is 2.39 bits per heavy atom. The molecule has 1 amide bonds. The average molecular weight is 417 g/mol. The van der Waals surface area contributed by atoms with Crippen molar-refractivity contribution >= 4 is 17.4 Å². The van der Waals surface area contributed by atoms with E-state index in [4.69, 9.17) is 11.0 Å². The predicted molar refractivity (Wildman–Crippen MR) is 118 cm³/mol. The van der Waals surface area contributed by atoms with Gasteiger partial charge in [0.05, 0.1) is 18.4 Å². The van der Waals surface area contributed by atoms with E-state index < -0.39 is 0 Å². The van der Waals surface area contributed by atoms with Gasteiger partial charge in [0.25, 0.3) is 5.91 Å². The second kappa shape index (κ2) is 7.52. The molecule has 1 aromatic heterocycles. The number of hydrogen-bond acceptors (Lipinski definition) is 6. The number of amides is 1. The molecule has 0 atom stereocenters. The number of anilines is 2.